The minimum absolute atomic E-state index is 0.147. The van der Waals surface area contributed by atoms with Gasteiger partial charge in [0, 0.05) is 13.6 Å². The number of hydrogen-bond donors (Lipinski definition) is 3. The zero-order chi connectivity index (χ0) is 15.0. The van der Waals surface area contributed by atoms with Crippen molar-refractivity contribution in [3.05, 3.63) is 0 Å². The third kappa shape index (κ3) is 7.28. The fraction of sp³-hybridized carbons (Fsp3) is 0.750. The van der Waals surface area contributed by atoms with Crippen LogP contribution in [0.25, 0.3) is 0 Å². The van der Waals surface area contributed by atoms with Crippen molar-refractivity contribution < 1.29 is 19.5 Å². The first-order valence-corrected chi connectivity index (χ1v) is 6.29. The van der Waals surface area contributed by atoms with Crippen LogP contribution >= 0.6 is 0 Å². The normalized spacial score (nSPS) is 11.8. The van der Waals surface area contributed by atoms with Gasteiger partial charge in [0.05, 0.1) is 6.54 Å². The van der Waals surface area contributed by atoms with Crippen molar-refractivity contribution in [1.82, 2.24) is 15.5 Å². The van der Waals surface area contributed by atoms with Crippen LogP contribution in [0.15, 0.2) is 0 Å². The number of carboxylic acids is 1. The van der Waals surface area contributed by atoms with E-state index >= 15 is 0 Å². The van der Waals surface area contributed by atoms with Gasteiger partial charge in [-0.2, -0.15) is 0 Å². The van der Waals surface area contributed by atoms with E-state index in [9.17, 15) is 14.4 Å². The minimum atomic E-state index is -1.08. The van der Waals surface area contributed by atoms with Crippen molar-refractivity contribution in [2.45, 2.75) is 33.2 Å². The monoisotopic (exact) mass is 273 g/mol. The highest BCUT2D eigenvalue weighted by molar-refractivity contribution is 5.86. The molecule has 0 radical (unpaired) electrons. The molecule has 7 heteroatoms. The van der Waals surface area contributed by atoms with Crippen LogP contribution in [0.5, 0.6) is 0 Å². The maximum atomic E-state index is 11.5. The van der Waals surface area contributed by atoms with Crippen molar-refractivity contribution in [1.29, 1.82) is 0 Å². The molecule has 0 heterocycles. The number of carboxylic acid groups (broad SMARTS) is 1. The largest absolute Gasteiger partial charge is 0.480 e. The molecule has 0 saturated heterocycles. The molecule has 0 rings (SSSR count). The maximum absolute atomic E-state index is 11.5. The summed E-state index contributed by atoms with van der Waals surface area (Å²) in [6.45, 7) is 5.96. The summed E-state index contributed by atoms with van der Waals surface area (Å²) in [5.41, 5.74) is 0. The summed E-state index contributed by atoms with van der Waals surface area (Å²) in [6, 6.07) is -1.59. The van der Waals surface area contributed by atoms with Gasteiger partial charge in [0.1, 0.15) is 6.04 Å². The molecule has 0 aromatic rings. The maximum Gasteiger partial charge on any atom is 0.326 e. The topological polar surface area (TPSA) is 98.7 Å². The van der Waals surface area contributed by atoms with E-state index in [-0.39, 0.29) is 18.4 Å². The number of urea groups is 1. The van der Waals surface area contributed by atoms with Crippen LogP contribution in [0.4, 0.5) is 4.79 Å². The summed E-state index contributed by atoms with van der Waals surface area (Å²) in [5.74, 6) is -1.16. The summed E-state index contributed by atoms with van der Waals surface area (Å²) in [6.07, 6.45) is 0.339. The Bertz CT molecular complexity index is 331. The van der Waals surface area contributed by atoms with Gasteiger partial charge in [-0.1, -0.05) is 13.8 Å². The van der Waals surface area contributed by atoms with E-state index in [0.29, 0.717) is 13.0 Å². The first-order valence-electron chi connectivity index (χ1n) is 6.29. The molecule has 7 nitrogen and oxygen atoms in total. The molecule has 0 aromatic heterocycles. The van der Waals surface area contributed by atoms with Gasteiger partial charge in [-0.05, 0) is 19.3 Å². The van der Waals surface area contributed by atoms with E-state index in [1.165, 1.54) is 4.90 Å². The predicted octanol–water partition coefficient (Wildman–Crippen LogP) is 0.263. The average Bonchev–Trinajstić information content (AvgIpc) is 2.33. The number of aliphatic carboxylic acids is 1. The molecule has 110 valence electrons. The number of hydrogen-bond acceptors (Lipinski definition) is 3. The fourth-order valence-electron chi connectivity index (χ4n) is 1.37. The summed E-state index contributed by atoms with van der Waals surface area (Å²) in [4.78, 5) is 35.3. The lowest BCUT2D eigenvalue weighted by molar-refractivity contribution is -0.139. The molecule has 0 saturated carbocycles. The van der Waals surface area contributed by atoms with Crippen molar-refractivity contribution in [2.24, 2.45) is 5.92 Å². The SMILES string of the molecule is CCN(C)C(=O)CNC(=O)N[C@H](CC(C)C)C(=O)O. The first-order chi connectivity index (χ1) is 8.77. The van der Waals surface area contributed by atoms with Crippen molar-refractivity contribution in [3.63, 3.8) is 0 Å². The second-order valence-electron chi connectivity index (χ2n) is 4.76. The van der Waals surface area contributed by atoms with Gasteiger partial charge in [0.25, 0.3) is 0 Å². The van der Waals surface area contributed by atoms with E-state index in [2.05, 4.69) is 10.6 Å². The Morgan fingerprint density at radius 2 is 1.84 bits per heavy atom. The molecule has 3 amide bonds. The molecule has 1 atom stereocenters. The zero-order valence-corrected chi connectivity index (χ0v) is 11.9. The van der Waals surface area contributed by atoms with Gasteiger partial charge in [-0.3, -0.25) is 4.79 Å². The van der Waals surface area contributed by atoms with Crippen LogP contribution in [-0.2, 0) is 9.59 Å². The van der Waals surface area contributed by atoms with Crippen LogP contribution in [-0.4, -0.2) is 54.1 Å². The number of likely N-dealkylation sites (N-methyl/N-ethyl adjacent to an activating group) is 1. The predicted molar refractivity (Wildman–Crippen MR) is 70.7 cm³/mol. The lowest BCUT2D eigenvalue weighted by Gasteiger charge is -2.18. The van der Waals surface area contributed by atoms with E-state index in [1.807, 2.05) is 20.8 Å². The Kier molecular flexibility index (Phi) is 7.55. The number of carbonyl (C=O) groups excluding carboxylic acids is 2. The molecule has 3 N–H and O–H groups in total. The highest BCUT2D eigenvalue weighted by Crippen LogP contribution is 2.04. The van der Waals surface area contributed by atoms with Gasteiger partial charge in [0.15, 0.2) is 0 Å². The minimum Gasteiger partial charge on any atom is -0.480 e. The zero-order valence-electron chi connectivity index (χ0n) is 11.9. The molecular formula is C12H23N3O4. The molecule has 0 aliphatic heterocycles. The van der Waals surface area contributed by atoms with E-state index in [0.717, 1.165) is 0 Å². The number of nitrogens with one attached hydrogen (secondary N) is 2. The van der Waals surface area contributed by atoms with Crippen LogP contribution in [0.1, 0.15) is 27.2 Å². The Labute approximate surface area is 113 Å². The molecule has 0 aliphatic carbocycles. The Hall–Kier alpha value is -1.79. The van der Waals surface area contributed by atoms with Gasteiger partial charge in [-0.25, -0.2) is 9.59 Å². The van der Waals surface area contributed by atoms with Gasteiger partial charge in [-0.15, -0.1) is 0 Å². The molecule has 0 spiro atoms. The molecular weight excluding hydrogens is 250 g/mol. The fourth-order valence-corrected chi connectivity index (χ4v) is 1.37. The van der Waals surface area contributed by atoms with E-state index < -0.39 is 18.0 Å². The Morgan fingerprint density at radius 1 is 1.26 bits per heavy atom. The van der Waals surface area contributed by atoms with Crippen molar-refractivity contribution >= 4 is 17.9 Å². The van der Waals surface area contributed by atoms with E-state index in [1.54, 1.807) is 7.05 Å². The second kappa shape index (κ2) is 8.34. The van der Waals surface area contributed by atoms with Crippen LogP contribution in [0.2, 0.25) is 0 Å². The third-order valence-corrected chi connectivity index (χ3v) is 2.61. The summed E-state index contributed by atoms with van der Waals surface area (Å²) in [5, 5.41) is 13.6. The van der Waals surface area contributed by atoms with Crippen LogP contribution in [0, 0.1) is 5.92 Å². The van der Waals surface area contributed by atoms with Crippen molar-refractivity contribution in [2.75, 3.05) is 20.1 Å². The summed E-state index contributed by atoms with van der Waals surface area (Å²) >= 11 is 0. The van der Waals surface area contributed by atoms with E-state index in [4.69, 9.17) is 5.11 Å². The smallest absolute Gasteiger partial charge is 0.326 e. The van der Waals surface area contributed by atoms with Gasteiger partial charge < -0.3 is 20.6 Å². The van der Waals surface area contributed by atoms with Crippen LogP contribution < -0.4 is 10.6 Å². The number of rotatable bonds is 7. The first kappa shape index (κ1) is 17.2. The highest BCUT2D eigenvalue weighted by atomic mass is 16.4. The molecule has 0 aromatic carbocycles. The summed E-state index contributed by atoms with van der Waals surface area (Å²) < 4.78 is 0. The van der Waals surface area contributed by atoms with Crippen molar-refractivity contribution in [3.8, 4) is 0 Å². The lowest BCUT2D eigenvalue weighted by Crippen LogP contribution is -2.49. The average molecular weight is 273 g/mol. The number of carbonyl (C=O) groups is 3. The number of amides is 3. The Morgan fingerprint density at radius 3 is 2.26 bits per heavy atom. The third-order valence-electron chi connectivity index (χ3n) is 2.61. The van der Waals surface area contributed by atoms with Crippen LogP contribution in [0.3, 0.4) is 0 Å². The van der Waals surface area contributed by atoms with Gasteiger partial charge in [0.2, 0.25) is 5.91 Å². The summed E-state index contributed by atoms with van der Waals surface area (Å²) in [7, 11) is 1.63. The highest BCUT2D eigenvalue weighted by Gasteiger charge is 2.21. The molecule has 0 unspecified atom stereocenters. The lowest BCUT2D eigenvalue weighted by atomic mass is 10.0. The standard InChI is InChI=1S/C12H23N3O4/c1-5-15(4)10(16)7-13-12(19)14-9(11(17)18)6-8(2)3/h8-9H,5-7H2,1-4H3,(H,17,18)(H2,13,14,19)/t9-/m1/s1. The number of nitrogens with zero attached hydrogens (tertiary/aromatic N) is 1. The molecule has 0 fully saturated rings. The quantitative estimate of drug-likeness (QED) is 0.619. The molecule has 19 heavy (non-hydrogen) atoms. The Balaban J connectivity index is 4.20. The van der Waals surface area contributed by atoms with Gasteiger partial charge >= 0.3 is 12.0 Å². The molecule has 0 bridgehead atoms. The molecule has 0 aliphatic rings. The second-order valence-corrected chi connectivity index (χ2v) is 4.76.